The fourth-order valence-corrected chi connectivity index (χ4v) is 2.13. The molecule has 1 aliphatic rings. The van der Waals surface area contributed by atoms with E-state index in [9.17, 15) is 4.79 Å². The smallest absolute Gasteiger partial charge is 0.307 e. The third kappa shape index (κ3) is 7.37. The first-order valence-corrected chi connectivity index (χ1v) is 7.19. The molecule has 1 heterocycles. The molecule has 0 amide bonds. The van der Waals surface area contributed by atoms with Crippen molar-refractivity contribution in [1.82, 2.24) is 5.32 Å². The summed E-state index contributed by atoms with van der Waals surface area (Å²) in [7, 11) is 0. The van der Waals surface area contributed by atoms with Gasteiger partial charge >= 0.3 is 5.97 Å². The molecular formula is C14H26NO2. The number of ether oxygens (including phenoxy) is 1. The Morgan fingerprint density at radius 1 is 1.18 bits per heavy atom. The zero-order valence-corrected chi connectivity index (χ0v) is 11.1. The first-order chi connectivity index (χ1) is 8.33. The normalized spacial score (nSPS) is 19.5. The quantitative estimate of drug-likeness (QED) is 0.458. The molecule has 1 aliphatic heterocycles. The van der Waals surface area contributed by atoms with E-state index in [-0.39, 0.29) is 12.2 Å². The first-order valence-electron chi connectivity index (χ1n) is 7.19. The maximum absolute atomic E-state index is 11.5. The molecule has 3 nitrogen and oxygen atoms in total. The largest absolute Gasteiger partial charge is 0.445 e. The maximum Gasteiger partial charge on any atom is 0.307 e. The van der Waals surface area contributed by atoms with Crippen LogP contribution in [0.2, 0.25) is 0 Å². The summed E-state index contributed by atoms with van der Waals surface area (Å²) in [4.78, 5) is 11.5. The van der Waals surface area contributed by atoms with Crippen LogP contribution in [0.15, 0.2) is 0 Å². The van der Waals surface area contributed by atoms with Gasteiger partial charge in [0.15, 0.2) is 6.23 Å². The second-order valence-electron chi connectivity index (χ2n) is 4.86. The Hall–Kier alpha value is -0.570. The Labute approximate surface area is 105 Å². The summed E-state index contributed by atoms with van der Waals surface area (Å²) in [6.45, 7) is 3.08. The van der Waals surface area contributed by atoms with Crippen molar-refractivity contribution in [3.63, 3.8) is 0 Å². The van der Waals surface area contributed by atoms with Gasteiger partial charge in [-0.25, -0.2) is 5.32 Å². The van der Waals surface area contributed by atoms with Gasteiger partial charge in [0.1, 0.15) is 0 Å². The van der Waals surface area contributed by atoms with Crippen molar-refractivity contribution < 1.29 is 9.53 Å². The number of esters is 1. The molecule has 0 aromatic rings. The molecule has 1 unspecified atom stereocenters. The summed E-state index contributed by atoms with van der Waals surface area (Å²) in [5.41, 5.74) is 0. The Morgan fingerprint density at radius 2 is 1.88 bits per heavy atom. The zero-order chi connectivity index (χ0) is 12.3. The van der Waals surface area contributed by atoms with E-state index in [1.807, 2.05) is 0 Å². The molecule has 3 heteroatoms. The van der Waals surface area contributed by atoms with Crippen LogP contribution in [0.3, 0.4) is 0 Å². The average molecular weight is 240 g/mol. The lowest BCUT2D eigenvalue weighted by Gasteiger charge is -2.10. The molecule has 17 heavy (non-hydrogen) atoms. The Balaban J connectivity index is 1.86. The minimum atomic E-state index is -0.132. The van der Waals surface area contributed by atoms with Crippen molar-refractivity contribution in [2.45, 2.75) is 77.4 Å². The molecule has 0 aromatic heterocycles. The summed E-state index contributed by atoms with van der Waals surface area (Å²) in [5, 5.41) is 4.21. The molecule has 0 aliphatic carbocycles. The van der Waals surface area contributed by atoms with Gasteiger partial charge in [-0.2, -0.15) is 0 Å². The van der Waals surface area contributed by atoms with Crippen molar-refractivity contribution in [2.75, 3.05) is 6.54 Å². The van der Waals surface area contributed by atoms with Crippen LogP contribution in [0.25, 0.3) is 0 Å². The highest BCUT2D eigenvalue weighted by atomic mass is 16.6. The molecule has 0 saturated carbocycles. The van der Waals surface area contributed by atoms with E-state index in [4.69, 9.17) is 4.74 Å². The predicted octanol–water partition coefficient (Wildman–Crippen LogP) is 3.39. The van der Waals surface area contributed by atoms with Crippen LogP contribution in [0.5, 0.6) is 0 Å². The fourth-order valence-electron chi connectivity index (χ4n) is 2.13. The van der Waals surface area contributed by atoms with Crippen LogP contribution < -0.4 is 5.32 Å². The number of hydrogen-bond donors (Lipinski definition) is 0. The Bertz CT molecular complexity index is 200. The third-order valence-corrected chi connectivity index (χ3v) is 3.19. The number of rotatable bonds is 9. The molecule has 0 spiro atoms. The standard InChI is InChI=1S/C14H26NO2/c1-2-3-4-5-6-7-8-11-14(16)17-13-10-9-12-15-13/h13H,2-12H2,1H3. The Morgan fingerprint density at radius 3 is 2.53 bits per heavy atom. The summed E-state index contributed by atoms with van der Waals surface area (Å²) >= 11 is 0. The van der Waals surface area contributed by atoms with E-state index in [0.29, 0.717) is 6.42 Å². The van der Waals surface area contributed by atoms with Gasteiger partial charge in [0.05, 0.1) is 0 Å². The maximum atomic E-state index is 11.5. The molecular weight excluding hydrogens is 214 g/mol. The predicted molar refractivity (Wildman–Crippen MR) is 68.7 cm³/mol. The minimum absolute atomic E-state index is 0.0609. The number of carbonyl (C=O) groups excluding carboxylic acids is 1. The lowest BCUT2D eigenvalue weighted by Crippen LogP contribution is -2.22. The SMILES string of the molecule is CCCCCCCCCC(=O)OC1CCC[N]1. The van der Waals surface area contributed by atoms with Crippen molar-refractivity contribution >= 4 is 5.97 Å². The third-order valence-electron chi connectivity index (χ3n) is 3.19. The van der Waals surface area contributed by atoms with Gasteiger partial charge in [0.25, 0.3) is 0 Å². The summed E-state index contributed by atoms with van der Waals surface area (Å²) in [6, 6.07) is 0. The first kappa shape index (κ1) is 14.5. The summed E-state index contributed by atoms with van der Waals surface area (Å²) in [6.07, 6.45) is 11.1. The lowest BCUT2D eigenvalue weighted by atomic mass is 10.1. The highest BCUT2D eigenvalue weighted by Gasteiger charge is 2.19. The monoisotopic (exact) mass is 240 g/mol. The van der Waals surface area contributed by atoms with Gasteiger partial charge in [-0.15, -0.1) is 0 Å². The van der Waals surface area contributed by atoms with Gasteiger partial charge in [0, 0.05) is 19.4 Å². The minimum Gasteiger partial charge on any atom is -0.445 e. The van der Waals surface area contributed by atoms with E-state index < -0.39 is 0 Å². The van der Waals surface area contributed by atoms with Crippen LogP contribution in [-0.2, 0) is 9.53 Å². The summed E-state index contributed by atoms with van der Waals surface area (Å²) < 4.78 is 5.25. The molecule has 0 aromatic carbocycles. The molecule has 1 radical (unpaired) electrons. The molecule has 1 saturated heterocycles. The molecule has 99 valence electrons. The Kier molecular flexibility index (Phi) is 8.06. The molecule has 1 atom stereocenters. The summed E-state index contributed by atoms with van der Waals surface area (Å²) in [5.74, 6) is -0.0609. The van der Waals surface area contributed by atoms with Crippen LogP contribution in [0, 0.1) is 0 Å². The number of hydrogen-bond acceptors (Lipinski definition) is 2. The molecule has 1 rings (SSSR count). The average Bonchev–Trinajstić information content (AvgIpc) is 2.80. The number of nitrogens with zero attached hydrogens (tertiary/aromatic N) is 1. The van der Waals surface area contributed by atoms with Gasteiger partial charge in [-0.05, 0) is 12.8 Å². The topological polar surface area (TPSA) is 40.4 Å². The van der Waals surface area contributed by atoms with Crippen molar-refractivity contribution in [3.8, 4) is 0 Å². The van der Waals surface area contributed by atoms with Crippen LogP contribution in [0.4, 0.5) is 0 Å². The molecule has 1 fully saturated rings. The second kappa shape index (κ2) is 9.46. The molecule has 0 N–H and O–H groups in total. The van der Waals surface area contributed by atoms with Gasteiger partial charge < -0.3 is 4.74 Å². The second-order valence-corrected chi connectivity index (χ2v) is 4.86. The fraction of sp³-hybridized carbons (Fsp3) is 0.929. The van der Waals surface area contributed by atoms with Crippen molar-refractivity contribution in [1.29, 1.82) is 0 Å². The van der Waals surface area contributed by atoms with E-state index >= 15 is 0 Å². The highest BCUT2D eigenvalue weighted by molar-refractivity contribution is 5.69. The van der Waals surface area contributed by atoms with Gasteiger partial charge in [0.2, 0.25) is 0 Å². The van der Waals surface area contributed by atoms with Gasteiger partial charge in [-0.1, -0.05) is 45.4 Å². The van der Waals surface area contributed by atoms with E-state index in [1.165, 1.54) is 32.1 Å². The van der Waals surface area contributed by atoms with Crippen molar-refractivity contribution in [3.05, 3.63) is 0 Å². The lowest BCUT2D eigenvalue weighted by molar-refractivity contribution is -0.150. The highest BCUT2D eigenvalue weighted by Crippen LogP contribution is 2.12. The van der Waals surface area contributed by atoms with Crippen LogP contribution in [-0.4, -0.2) is 18.7 Å². The van der Waals surface area contributed by atoms with Crippen molar-refractivity contribution in [2.24, 2.45) is 0 Å². The number of unbranched alkanes of at least 4 members (excludes halogenated alkanes) is 6. The van der Waals surface area contributed by atoms with E-state index in [0.717, 1.165) is 32.2 Å². The number of carbonyl (C=O) groups is 1. The van der Waals surface area contributed by atoms with E-state index in [2.05, 4.69) is 12.2 Å². The van der Waals surface area contributed by atoms with E-state index in [1.54, 1.807) is 0 Å². The zero-order valence-electron chi connectivity index (χ0n) is 11.1. The van der Waals surface area contributed by atoms with Crippen LogP contribution in [0.1, 0.15) is 71.1 Å². The van der Waals surface area contributed by atoms with Gasteiger partial charge in [-0.3, -0.25) is 4.79 Å². The molecule has 0 bridgehead atoms. The van der Waals surface area contributed by atoms with Crippen LogP contribution >= 0.6 is 0 Å².